The van der Waals surface area contributed by atoms with Gasteiger partial charge in [-0.2, -0.15) is 5.26 Å². The first-order chi connectivity index (χ1) is 20.4. The van der Waals surface area contributed by atoms with Crippen LogP contribution in [-0.4, -0.2) is 34.2 Å². The minimum absolute atomic E-state index is 0.0673. The van der Waals surface area contributed by atoms with Crippen molar-refractivity contribution in [2.45, 2.75) is 46.4 Å². The zero-order chi connectivity index (χ0) is 29.8. The zero-order valence-corrected chi connectivity index (χ0v) is 23.7. The average molecular weight is 561 g/mol. The van der Waals surface area contributed by atoms with Crippen LogP contribution in [0.25, 0.3) is 5.82 Å². The monoisotopic (exact) mass is 560 g/mol. The number of aromatic nitrogens is 1. The highest BCUT2D eigenvalue weighted by molar-refractivity contribution is 6.20. The first-order valence-electron chi connectivity index (χ1n) is 13.7. The number of hydrogen-bond donors (Lipinski definition) is 1. The highest BCUT2D eigenvalue weighted by Crippen LogP contribution is 2.41. The van der Waals surface area contributed by atoms with Crippen LogP contribution in [0.3, 0.4) is 0 Å². The van der Waals surface area contributed by atoms with Gasteiger partial charge >= 0.3 is 18.0 Å². The van der Waals surface area contributed by atoms with Crippen molar-refractivity contribution in [3.05, 3.63) is 111 Å². The molecule has 0 unspecified atom stereocenters. The molecule has 0 saturated carbocycles. The molecule has 210 valence electrons. The summed E-state index contributed by atoms with van der Waals surface area (Å²) in [6.07, 6.45) is 0.845. The van der Waals surface area contributed by atoms with Gasteiger partial charge in [0.05, 0.1) is 23.4 Å². The predicted molar refractivity (Wildman–Crippen MR) is 155 cm³/mol. The van der Waals surface area contributed by atoms with Gasteiger partial charge in [-0.15, -0.1) is 0 Å². The number of aliphatic imine (C=N–C) groups is 1. The van der Waals surface area contributed by atoms with Crippen molar-refractivity contribution in [1.82, 2.24) is 9.47 Å². The number of nitriles is 1. The molecule has 0 amide bonds. The maximum absolute atomic E-state index is 13.6. The van der Waals surface area contributed by atoms with Crippen LogP contribution >= 0.6 is 0 Å². The second-order valence-corrected chi connectivity index (χ2v) is 9.89. The Hall–Kier alpha value is -5.41. The number of carbonyl (C=O) groups excluding carboxylic acids is 2. The van der Waals surface area contributed by atoms with Crippen LogP contribution in [0.15, 0.2) is 82.5 Å². The Balaban J connectivity index is 1.60. The van der Waals surface area contributed by atoms with Gasteiger partial charge < -0.3 is 14.4 Å². The Morgan fingerprint density at radius 2 is 1.55 bits per heavy atom. The van der Waals surface area contributed by atoms with E-state index in [1.165, 1.54) is 0 Å². The van der Waals surface area contributed by atoms with E-state index in [0.717, 1.165) is 11.1 Å². The van der Waals surface area contributed by atoms with Crippen LogP contribution in [0.2, 0.25) is 0 Å². The number of nitrogens with one attached hydrogen (secondary N) is 1. The van der Waals surface area contributed by atoms with Crippen LogP contribution in [-0.2, 0) is 40.4 Å². The third-order valence-corrected chi connectivity index (χ3v) is 7.36. The lowest BCUT2D eigenvalue weighted by Gasteiger charge is -2.18. The maximum atomic E-state index is 13.6. The summed E-state index contributed by atoms with van der Waals surface area (Å²) in [6.45, 7) is 4.21. The van der Waals surface area contributed by atoms with E-state index in [0.29, 0.717) is 41.1 Å². The number of benzene rings is 2. The summed E-state index contributed by atoms with van der Waals surface area (Å²) in [5.41, 5.74) is 4.75. The van der Waals surface area contributed by atoms with Gasteiger partial charge in [-0.25, -0.2) is 14.6 Å². The smallest absolute Gasteiger partial charge is 0.341 e. The Morgan fingerprint density at radius 1 is 0.952 bits per heavy atom. The quantitative estimate of drug-likeness (QED) is 0.421. The Labute approximate surface area is 244 Å². The summed E-state index contributed by atoms with van der Waals surface area (Å²) >= 11 is 0. The van der Waals surface area contributed by atoms with Crippen LogP contribution in [0, 0.1) is 17.4 Å². The fraction of sp³-hybridized carbons (Fsp3) is 0.242. The fourth-order valence-corrected chi connectivity index (χ4v) is 5.43. The first kappa shape index (κ1) is 28.1. The standard InChI is InChI=1S/C33H29N5O4/c1-4-23-25(16-34)36-30(29(23)33(40)42-20-22-14-10-7-11-15-22)31-37(3)18-27-28(24(5-2)26(17-35)38(27)31)32(39)41-19-21-12-8-6-9-13-21/h6-15H,4-5,18-20H2,1-3H3/p+1. The summed E-state index contributed by atoms with van der Waals surface area (Å²) in [4.78, 5) is 33.6. The van der Waals surface area contributed by atoms with E-state index in [2.05, 4.69) is 17.1 Å². The molecule has 2 aromatic carbocycles. The second kappa shape index (κ2) is 12.0. The molecule has 1 N–H and O–H groups in total. The molecule has 0 bridgehead atoms. The molecule has 1 aromatic heterocycles. The molecule has 0 radical (unpaired) electrons. The highest BCUT2D eigenvalue weighted by atomic mass is 16.5. The normalized spacial score (nSPS) is 15.6. The fourth-order valence-electron chi connectivity index (χ4n) is 5.43. The summed E-state index contributed by atoms with van der Waals surface area (Å²) in [7, 11) is 1.81. The van der Waals surface area contributed by atoms with E-state index in [1.54, 1.807) is 11.6 Å². The number of nitrogens with zero attached hydrogens (tertiary/aromatic N) is 4. The molecule has 5 rings (SSSR count). The molecule has 2 aliphatic rings. The lowest BCUT2D eigenvalue weighted by Crippen LogP contribution is -2.21. The lowest BCUT2D eigenvalue weighted by atomic mass is 10.0. The molecule has 42 heavy (non-hydrogen) atoms. The summed E-state index contributed by atoms with van der Waals surface area (Å²) < 4.78 is 13.1. The van der Waals surface area contributed by atoms with Crippen molar-refractivity contribution < 1.29 is 24.3 Å². The van der Waals surface area contributed by atoms with Gasteiger partial charge in [0.15, 0.2) is 5.71 Å². The van der Waals surface area contributed by atoms with Crippen molar-refractivity contribution in [2.24, 2.45) is 4.99 Å². The molecule has 2 aliphatic heterocycles. The zero-order valence-electron chi connectivity index (χ0n) is 23.7. The van der Waals surface area contributed by atoms with Crippen molar-refractivity contribution in [2.75, 3.05) is 7.05 Å². The largest absolute Gasteiger partial charge is 0.457 e. The van der Waals surface area contributed by atoms with Gasteiger partial charge in [-0.1, -0.05) is 79.8 Å². The predicted octanol–water partition coefficient (Wildman–Crippen LogP) is 3.53. The van der Waals surface area contributed by atoms with Crippen molar-refractivity contribution in [3.8, 4) is 12.1 Å². The molecule has 9 nitrogen and oxygen atoms in total. The van der Waals surface area contributed by atoms with Gasteiger partial charge in [0.2, 0.25) is 0 Å². The minimum Gasteiger partial charge on any atom is -0.457 e. The minimum atomic E-state index is -0.585. The third-order valence-electron chi connectivity index (χ3n) is 7.36. The Bertz CT molecular complexity index is 1730. The maximum Gasteiger partial charge on any atom is 0.341 e. The number of esters is 2. The molecule has 0 atom stereocenters. The molecular weight excluding hydrogens is 530 g/mol. The van der Waals surface area contributed by atoms with Crippen molar-refractivity contribution in [3.63, 3.8) is 0 Å². The Kier molecular flexibility index (Phi) is 8.03. The number of carbonyl (C=O) groups is 2. The van der Waals surface area contributed by atoms with E-state index in [-0.39, 0.29) is 42.4 Å². The molecule has 0 fully saturated rings. The molecule has 0 aliphatic carbocycles. The number of rotatable bonds is 8. The number of fused-ring (bicyclic) bond motifs is 1. The molecule has 0 spiro atoms. The SMILES string of the molecule is CCC1=C(C(=O)OCc2ccccc2)C(=C2N(C)Cc3c(C(=O)OCc4ccccc4)c(CC)c(C#N)n32)N=C1C#[NH+]. The topological polar surface area (TPSA) is 121 Å². The van der Waals surface area contributed by atoms with Gasteiger partial charge in [0.1, 0.15) is 36.5 Å². The van der Waals surface area contributed by atoms with Crippen LogP contribution < -0.4 is 5.26 Å². The van der Waals surface area contributed by atoms with E-state index in [1.807, 2.05) is 79.4 Å². The van der Waals surface area contributed by atoms with Crippen LogP contribution in [0.5, 0.6) is 0 Å². The third kappa shape index (κ3) is 4.97. The number of allylic oxidation sites excluding steroid dienone is 1. The number of hydrogen-bond acceptors (Lipinski definition) is 7. The van der Waals surface area contributed by atoms with Crippen LogP contribution in [0.4, 0.5) is 0 Å². The van der Waals surface area contributed by atoms with E-state index < -0.39 is 11.9 Å². The summed E-state index contributed by atoms with van der Waals surface area (Å²) in [5, 5.41) is 18.2. The average Bonchev–Trinajstić information content (AvgIpc) is 3.66. The molecule has 3 heterocycles. The van der Waals surface area contributed by atoms with E-state index >= 15 is 0 Å². The van der Waals surface area contributed by atoms with E-state index in [9.17, 15) is 14.9 Å². The van der Waals surface area contributed by atoms with Crippen LogP contribution in [0.1, 0.15) is 58.7 Å². The lowest BCUT2D eigenvalue weighted by molar-refractivity contribution is -0.140. The first-order valence-corrected chi connectivity index (χ1v) is 13.7. The molecule has 3 aromatic rings. The summed E-state index contributed by atoms with van der Waals surface area (Å²) in [5.74, 6) is -0.643. The highest BCUT2D eigenvalue weighted by Gasteiger charge is 2.40. The van der Waals surface area contributed by atoms with Gasteiger partial charge in [0, 0.05) is 18.2 Å². The summed E-state index contributed by atoms with van der Waals surface area (Å²) in [6, 6.07) is 23.4. The number of ether oxygens (including phenoxy) is 2. The van der Waals surface area contributed by atoms with Gasteiger partial charge in [-0.05, 0) is 24.0 Å². The molecule has 9 heteroatoms. The second-order valence-electron chi connectivity index (χ2n) is 9.89. The van der Waals surface area contributed by atoms with Crippen molar-refractivity contribution >= 4 is 23.5 Å². The van der Waals surface area contributed by atoms with Gasteiger partial charge in [0.25, 0.3) is 0 Å². The molecule has 0 saturated heterocycles. The van der Waals surface area contributed by atoms with E-state index in [4.69, 9.17) is 14.7 Å². The Morgan fingerprint density at radius 3 is 2.07 bits per heavy atom. The van der Waals surface area contributed by atoms with Crippen molar-refractivity contribution in [1.29, 1.82) is 5.26 Å². The molecular formula is C33H30N5O4+. The van der Waals surface area contributed by atoms with Gasteiger partial charge in [-0.3, -0.25) is 4.57 Å².